The van der Waals surface area contributed by atoms with Gasteiger partial charge in [-0.25, -0.2) is 4.39 Å². The maximum atomic E-state index is 13.2. The summed E-state index contributed by atoms with van der Waals surface area (Å²) in [6.07, 6.45) is 13.8. The van der Waals surface area contributed by atoms with E-state index in [-0.39, 0.29) is 23.8 Å². The number of ether oxygens (including phenoxy) is 3. The van der Waals surface area contributed by atoms with Crippen molar-refractivity contribution >= 4 is 5.97 Å². The molecule has 1 fully saturated rings. The maximum Gasteiger partial charge on any atom is 0.306 e. The Hall–Kier alpha value is -2.60. The van der Waals surface area contributed by atoms with Crippen molar-refractivity contribution in [1.29, 1.82) is 0 Å². The molecule has 222 valence electrons. The van der Waals surface area contributed by atoms with Gasteiger partial charge in [0.1, 0.15) is 11.9 Å². The van der Waals surface area contributed by atoms with Crippen LogP contribution in [0, 0.1) is 11.7 Å². The van der Waals surface area contributed by atoms with Crippen LogP contribution in [0.1, 0.15) is 101 Å². The number of carbonyl (C=O) groups excluding carboxylic acids is 1. The van der Waals surface area contributed by atoms with Gasteiger partial charge in [0.25, 0.3) is 0 Å². The lowest BCUT2D eigenvalue weighted by molar-refractivity contribution is -0.153. The summed E-state index contributed by atoms with van der Waals surface area (Å²) < 4.78 is 30.8. The first-order chi connectivity index (χ1) is 19.5. The van der Waals surface area contributed by atoms with E-state index >= 15 is 0 Å². The van der Waals surface area contributed by atoms with Gasteiger partial charge in [0.2, 0.25) is 0 Å². The summed E-state index contributed by atoms with van der Waals surface area (Å²) in [6.45, 7) is 5.05. The predicted molar refractivity (Wildman–Crippen MR) is 159 cm³/mol. The first-order valence-electron chi connectivity index (χ1n) is 15.4. The molecule has 0 saturated carbocycles. The van der Waals surface area contributed by atoms with Crippen LogP contribution in [0.2, 0.25) is 0 Å². The number of piperidine rings is 1. The van der Waals surface area contributed by atoms with Gasteiger partial charge in [0, 0.05) is 24.4 Å². The quantitative estimate of drug-likeness (QED) is 0.137. The average Bonchev–Trinajstić information content (AvgIpc) is 2.98. The SMILES string of the molecule is CCCCCCCCCCCC(=O)O[C@@H](c1cccc(OC)c1OC)C1CCN(CCc2ccc(F)cc2)CC1. The summed E-state index contributed by atoms with van der Waals surface area (Å²) in [6, 6.07) is 12.6. The van der Waals surface area contributed by atoms with Gasteiger partial charge < -0.3 is 19.1 Å². The van der Waals surface area contributed by atoms with Gasteiger partial charge in [0.05, 0.1) is 14.2 Å². The number of hydrogen-bond donors (Lipinski definition) is 0. The van der Waals surface area contributed by atoms with Crippen molar-refractivity contribution in [1.82, 2.24) is 4.90 Å². The largest absolute Gasteiger partial charge is 0.493 e. The molecule has 2 aromatic carbocycles. The molecule has 1 aliphatic rings. The third-order valence-electron chi connectivity index (χ3n) is 8.17. The molecule has 3 rings (SSSR count). The van der Waals surface area contributed by atoms with Crippen molar-refractivity contribution in [3.8, 4) is 11.5 Å². The number of methoxy groups -OCH3 is 2. The van der Waals surface area contributed by atoms with Crippen molar-refractivity contribution in [3.63, 3.8) is 0 Å². The van der Waals surface area contributed by atoms with Gasteiger partial charge in [-0.05, 0) is 62.5 Å². The molecule has 0 aromatic heterocycles. The highest BCUT2D eigenvalue weighted by Crippen LogP contribution is 2.42. The molecule has 5 nitrogen and oxygen atoms in total. The zero-order chi connectivity index (χ0) is 28.6. The molecule has 0 N–H and O–H groups in total. The molecule has 1 atom stereocenters. The minimum Gasteiger partial charge on any atom is -0.493 e. The van der Waals surface area contributed by atoms with Crippen LogP contribution in [-0.4, -0.2) is 44.7 Å². The van der Waals surface area contributed by atoms with E-state index in [9.17, 15) is 9.18 Å². The van der Waals surface area contributed by atoms with Gasteiger partial charge in [-0.15, -0.1) is 0 Å². The van der Waals surface area contributed by atoms with Crippen molar-refractivity contribution in [2.45, 2.75) is 96.5 Å². The van der Waals surface area contributed by atoms with E-state index in [2.05, 4.69) is 11.8 Å². The van der Waals surface area contributed by atoms with Crippen LogP contribution < -0.4 is 9.47 Å². The lowest BCUT2D eigenvalue weighted by atomic mass is 9.86. The van der Waals surface area contributed by atoms with E-state index < -0.39 is 0 Å². The summed E-state index contributed by atoms with van der Waals surface area (Å²) in [4.78, 5) is 15.5. The molecule has 1 aliphatic heterocycles. The summed E-state index contributed by atoms with van der Waals surface area (Å²) in [5, 5.41) is 0. The molecule has 1 heterocycles. The first-order valence-corrected chi connectivity index (χ1v) is 15.4. The van der Waals surface area contributed by atoms with Crippen molar-refractivity contribution in [2.24, 2.45) is 5.92 Å². The minimum absolute atomic E-state index is 0.128. The molecule has 0 spiro atoms. The monoisotopic (exact) mass is 555 g/mol. The van der Waals surface area contributed by atoms with Crippen molar-refractivity contribution in [3.05, 3.63) is 59.4 Å². The molecule has 0 radical (unpaired) electrons. The van der Waals surface area contributed by atoms with E-state index in [1.165, 1.54) is 57.1 Å². The van der Waals surface area contributed by atoms with Crippen LogP contribution in [-0.2, 0) is 16.0 Å². The maximum absolute atomic E-state index is 13.2. The topological polar surface area (TPSA) is 48.0 Å². The molecule has 1 saturated heterocycles. The van der Waals surface area contributed by atoms with Crippen molar-refractivity contribution in [2.75, 3.05) is 33.9 Å². The number of likely N-dealkylation sites (tertiary alicyclic amines) is 1. The molecule has 0 unspecified atom stereocenters. The number of benzene rings is 2. The molecule has 40 heavy (non-hydrogen) atoms. The second-order valence-corrected chi connectivity index (χ2v) is 11.1. The zero-order valence-corrected chi connectivity index (χ0v) is 25.0. The Morgan fingerprint density at radius 3 is 2.17 bits per heavy atom. The summed E-state index contributed by atoms with van der Waals surface area (Å²) in [5.41, 5.74) is 2.03. The number of unbranched alkanes of at least 4 members (excludes halogenated alkanes) is 8. The molecule has 6 heteroatoms. The smallest absolute Gasteiger partial charge is 0.306 e. The zero-order valence-electron chi connectivity index (χ0n) is 25.0. The highest BCUT2D eigenvalue weighted by molar-refractivity contribution is 5.70. The van der Waals surface area contributed by atoms with Gasteiger partial charge in [0.15, 0.2) is 11.5 Å². The van der Waals surface area contributed by atoms with Crippen LogP contribution in [0.5, 0.6) is 11.5 Å². The van der Waals surface area contributed by atoms with E-state index in [0.29, 0.717) is 17.9 Å². The molecule has 0 amide bonds. The Kier molecular flexibility index (Phi) is 14.3. The Balaban J connectivity index is 1.55. The van der Waals surface area contributed by atoms with E-state index in [1.54, 1.807) is 14.2 Å². The highest BCUT2D eigenvalue weighted by Gasteiger charge is 2.33. The number of carbonyl (C=O) groups is 1. The standard InChI is InChI=1S/C34H50FNO4/c1-4-5-6-7-8-9-10-11-12-16-32(37)40-33(30-14-13-15-31(38-2)34(30)39-3)28-22-25-36(26-23-28)24-21-27-17-19-29(35)20-18-27/h13-15,17-20,28,33H,4-12,16,21-26H2,1-3H3/t33-/m1/s1. The molecule has 0 bridgehead atoms. The summed E-state index contributed by atoms with van der Waals surface area (Å²) in [7, 11) is 3.27. The summed E-state index contributed by atoms with van der Waals surface area (Å²) in [5.74, 6) is 1.17. The molecule has 2 aromatic rings. The molecular weight excluding hydrogens is 505 g/mol. The minimum atomic E-state index is -0.365. The third-order valence-corrected chi connectivity index (χ3v) is 8.17. The van der Waals surface area contributed by atoms with Crippen LogP contribution in [0.3, 0.4) is 0 Å². The number of para-hydroxylation sites is 1. The van der Waals surface area contributed by atoms with Crippen LogP contribution >= 0.6 is 0 Å². The van der Waals surface area contributed by atoms with Gasteiger partial charge >= 0.3 is 5.97 Å². The normalized spacial score (nSPS) is 15.1. The third kappa shape index (κ3) is 10.4. The van der Waals surface area contributed by atoms with Gasteiger partial charge in [-0.1, -0.05) is 82.6 Å². The Morgan fingerprint density at radius 2 is 1.55 bits per heavy atom. The Morgan fingerprint density at radius 1 is 0.900 bits per heavy atom. The highest BCUT2D eigenvalue weighted by atomic mass is 19.1. The Bertz CT molecular complexity index is 988. The second kappa shape index (κ2) is 18.0. The van der Waals surface area contributed by atoms with Crippen molar-refractivity contribution < 1.29 is 23.4 Å². The van der Waals surface area contributed by atoms with Gasteiger partial charge in [-0.2, -0.15) is 0 Å². The van der Waals surface area contributed by atoms with E-state index in [0.717, 1.165) is 62.9 Å². The van der Waals surface area contributed by atoms with Crippen LogP contribution in [0.15, 0.2) is 42.5 Å². The van der Waals surface area contributed by atoms with Gasteiger partial charge in [-0.3, -0.25) is 4.79 Å². The average molecular weight is 556 g/mol. The Labute approximate surface area is 241 Å². The summed E-state index contributed by atoms with van der Waals surface area (Å²) >= 11 is 0. The fourth-order valence-corrected chi connectivity index (χ4v) is 5.75. The number of rotatable bonds is 18. The number of halogens is 1. The number of hydrogen-bond acceptors (Lipinski definition) is 5. The second-order valence-electron chi connectivity index (χ2n) is 11.1. The van der Waals surface area contributed by atoms with Crippen LogP contribution in [0.4, 0.5) is 4.39 Å². The lowest BCUT2D eigenvalue weighted by Crippen LogP contribution is -2.37. The predicted octanol–water partition coefficient (Wildman–Crippen LogP) is 8.30. The fourth-order valence-electron chi connectivity index (χ4n) is 5.75. The number of nitrogens with zero attached hydrogens (tertiary/aromatic N) is 1. The number of esters is 1. The fraction of sp³-hybridized carbons (Fsp3) is 0.618. The van der Waals surface area contributed by atoms with E-state index in [4.69, 9.17) is 14.2 Å². The molecule has 0 aliphatic carbocycles. The van der Waals surface area contributed by atoms with Crippen LogP contribution in [0.25, 0.3) is 0 Å². The molecular formula is C34H50FNO4. The first kappa shape index (κ1) is 31.9. The van der Waals surface area contributed by atoms with E-state index in [1.807, 2.05) is 30.3 Å². The lowest BCUT2D eigenvalue weighted by Gasteiger charge is -2.36.